The molecule has 0 amide bonds. The Morgan fingerprint density at radius 2 is 2.15 bits per heavy atom. The first kappa shape index (κ1) is 13.4. The summed E-state index contributed by atoms with van der Waals surface area (Å²) in [4.78, 5) is 13.4. The van der Waals surface area contributed by atoms with Crippen LogP contribution in [0.25, 0.3) is 0 Å². The van der Waals surface area contributed by atoms with Crippen molar-refractivity contribution in [2.45, 2.75) is 38.3 Å². The van der Waals surface area contributed by atoms with Crippen LogP contribution in [-0.2, 0) is 0 Å². The molecular formula is C14H23N5O. The van der Waals surface area contributed by atoms with E-state index in [1.54, 1.807) is 7.11 Å². The van der Waals surface area contributed by atoms with Crippen molar-refractivity contribution in [2.75, 3.05) is 37.4 Å². The quantitative estimate of drug-likeness (QED) is 0.874. The Hall–Kier alpha value is -1.56. The molecule has 2 N–H and O–H groups in total. The molecule has 0 radical (unpaired) electrons. The van der Waals surface area contributed by atoms with Crippen molar-refractivity contribution < 1.29 is 4.74 Å². The molecule has 2 saturated heterocycles. The van der Waals surface area contributed by atoms with Gasteiger partial charge in [0.15, 0.2) is 0 Å². The molecule has 20 heavy (non-hydrogen) atoms. The predicted molar refractivity (Wildman–Crippen MR) is 79.0 cm³/mol. The summed E-state index contributed by atoms with van der Waals surface area (Å²) in [6, 6.07) is 2.95. The zero-order valence-electron chi connectivity index (χ0n) is 12.2. The van der Waals surface area contributed by atoms with Gasteiger partial charge in [0.05, 0.1) is 7.11 Å². The molecule has 6 heteroatoms. The molecule has 3 heterocycles. The van der Waals surface area contributed by atoms with Gasteiger partial charge < -0.3 is 15.4 Å². The summed E-state index contributed by atoms with van der Waals surface area (Å²) in [6.45, 7) is 5.59. The highest BCUT2D eigenvalue weighted by atomic mass is 16.5. The maximum atomic E-state index is 5.78. The Labute approximate surface area is 119 Å². The van der Waals surface area contributed by atoms with Gasteiger partial charge in [0.2, 0.25) is 11.8 Å². The van der Waals surface area contributed by atoms with Gasteiger partial charge in [0.1, 0.15) is 5.82 Å². The SMILES string of the molecule is COc1cc(N2CC3CCCCN3CC2C)nc(N)n1. The number of hydrogen-bond acceptors (Lipinski definition) is 6. The number of piperidine rings is 1. The van der Waals surface area contributed by atoms with Crippen LogP contribution in [0.1, 0.15) is 26.2 Å². The van der Waals surface area contributed by atoms with E-state index < -0.39 is 0 Å². The van der Waals surface area contributed by atoms with Crippen LogP contribution in [0.4, 0.5) is 11.8 Å². The molecule has 0 saturated carbocycles. The Balaban J connectivity index is 1.83. The number of nitrogen functional groups attached to an aromatic ring is 1. The second-order valence-corrected chi connectivity index (χ2v) is 5.77. The maximum absolute atomic E-state index is 5.78. The first-order valence-electron chi connectivity index (χ1n) is 7.36. The van der Waals surface area contributed by atoms with Crippen molar-refractivity contribution in [3.63, 3.8) is 0 Å². The second-order valence-electron chi connectivity index (χ2n) is 5.77. The van der Waals surface area contributed by atoms with Gasteiger partial charge in [0, 0.05) is 31.2 Å². The minimum Gasteiger partial charge on any atom is -0.481 e. The lowest BCUT2D eigenvalue weighted by Crippen LogP contribution is -2.59. The first-order chi connectivity index (χ1) is 9.67. The topological polar surface area (TPSA) is 67.5 Å². The fraction of sp³-hybridized carbons (Fsp3) is 0.714. The number of nitrogens with two attached hydrogens (primary N) is 1. The van der Waals surface area contributed by atoms with E-state index in [9.17, 15) is 0 Å². The molecule has 2 aliphatic heterocycles. The van der Waals surface area contributed by atoms with E-state index in [1.165, 1.54) is 25.8 Å². The van der Waals surface area contributed by atoms with Gasteiger partial charge >= 0.3 is 0 Å². The fourth-order valence-electron chi connectivity index (χ4n) is 3.35. The number of hydrogen-bond donors (Lipinski definition) is 1. The number of piperazine rings is 1. The molecule has 2 atom stereocenters. The molecular weight excluding hydrogens is 254 g/mol. The third kappa shape index (κ3) is 2.52. The molecule has 0 bridgehead atoms. The number of rotatable bonds is 2. The number of anilines is 2. The van der Waals surface area contributed by atoms with Crippen LogP contribution in [0, 0.1) is 0 Å². The molecule has 1 aromatic heterocycles. The molecule has 2 unspecified atom stereocenters. The Morgan fingerprint density at radius 1 is 1.30 bits per heavy atom. The summed E-state index contributed by atoms with van der Waals surface area (Å²) < 4.78 is 5.20. The van der Waals surface area contributed by atoms with Gasteiger partial charge in [-0.15, -0.1) is 0 Å². The van der Waals surface area contributed by atoms with Crippen molar-refractivity contribution in [3.8, 4) is 5.88 Å². The lowest BCUT2D eigenvalue weighted by molar-refractivity contribution is 0.115. The van der Waals surface area contributed by atoms with Crippen LogP contribution in [0.15, 0.2) is 6.07 Å². The van der Waals surface area contributed by atoms with Gasteiger partial charge in [-0.05, 0) is 26.3 Å². The number of ether oxygens (including phenoxy) is 1. The highest BCUT2D eigenvalue weighted by molar-refractivity contribution is 5.47. The number of methoxy groups -OCH3 is 1. The lowest BCUT2D eigenvalue weighted by atomic mass is 9.97. The first-order valence-corrected chi connectivity index (χ1v) is 7.36. The summed E-state index contributed by atoms with van der Waals surface area (Å²) in [5.41, 5.74) is 5.78. The summed E-state index contributed by atoms with van der Waals surface area (Å²) in [5, 5.41) is 0. The van der Waals surface area contributed by atoms with E-state index in [0.29, 0.717) is 18.0 Å². The van der Waals surface area contributed by atoms with E-state index in [2.05, 4.69) is 26.7 Å². The molecule has 2 aliphatic rings. The summed E-state index contributed by atoms with van der Waals surface area (Å²) >= 11 is 0. The van der Waals surface area contributed by atoms with Gasteiger partial charge in [-0.2, -0.15) is 9.97 Å². The van der Waals surface area contributed by atoms with Crippen LogP contribution in [0.5, 0.6) is 5.88 Å². The van der Waals surface area contributed by atoms with E-state index >= 15 is 0 Å². The third-order valence-electron chi connectivity index (χ3n) is 4.40. The normalized spacial score (nSPS) is 27.2. The second kappa shape index (κ2) is 5.44. The molecule has 110 valence electrons. The molecule has 0 aliphatic carbocycles. The standard InChI is InChI=1S/C14H23N5O/c1-10-8-18-6-4-3-5-11(18)9-19(10)12-7-13(20-2)17-14(15)16-12/h7,10-11H,3-6,8-9H2,1-2H3,(H2,15,16,17). The number of aromatic nitrogens is 2. The van der Waals surface area contributed by atoms with E-state index in [1.807, 2.05) is 6.07 Å². The molecule has 0 spiro atoms. The monoisotopic (exact) mass is 277 g/mol. The van der Waals surface area contributed by atoms with Crippen molar-refractivity contribution in [3.05, 3.63) is 6.07 Å². The minimum atomic E-state index is 0.276. The van der Waals surface area contributed by atoms with Gasteiger partial charge in [-0.25, -0.2) is 0 Å². The van der Waals surface area contributed by atoms with Crippen LogP contribution < -0.4 is 15.4 Å². The predicted octanol–water partition coefficient (Wildman–Crippen LogP) is 1.13. The van der Waals surface area contributed by atoms with Gasteiger partial charge in [-0.3, -0.25) is 4.90 Å². The molecule has 6 nitrogen and oxygen atoms in total. The van der Waals surface area contributed by atoms with Gasteiger partial charge in [0.25, 0.3) is 0 Å². The van der Waals surface area contributed by atoms with E-state index in [4.69, 9.17) is 10.5 Å². The zero-order chi connectivity index (χ0) is 14.1. The molecule has 1 aromatic rings. The summed E-state index contributed by atoms with van der Waals surface area (Å²) in [7, 11) is 1.61. The average Bonchev–Trinajstić information content (AvgIpc) is 2.45. The van der Waals surface area contributed by atoms with Crippen molar-refractivity contribution >= 4 is 11.8 Å². The molecule has 3 rings (SSSR count). The lowest BCUT2D eigenvalue weighted by Gasteiger charge is -2.48. The third-order valence-corrected chi connectivity index (χ3v) is 4.40. The largest absolute Gasteiger partial charge is 0.481 e. The van der Waals surface area contributed by atoms with Crippen molar-refractivity contribution in [1.82, 2.24) is 14.9 Å². The number of nitrogens with zero attached hydrogens (tertiary/aromatic N) is 4. The Bertz CT molecular complexity index is 481. The average molecular weight is 277 g/mol. The summed E-state index contributed by atoms with van der Waals surface area (Å²) in [6.07, 6.45) is 3.94. The maximum Gasteiger partial charge on any atom is 0.225 e. The summed E-state index contributed by atoms with van der Waals surface area (Å²) in [5.74, 6) is 1.69. The van der Waals surface area contributed by atoms with Crippen LogP contribution in [-0.4, -0.2) is 53.7 Å². The number of fused-ring (bicyclic) bond motifs is 1. The zero-order valence-corrected chi connectivity index (χ0v) is 12.2. The highest BCUT2D eigenvalue weighted by Crippen LogP contribution is 2.28. The van der Waals surface area contributed by atoms with Crippen molar-refractivity contribution in [1.29, 1.82) is 0 Å². The van der Waals surface area contributed by atoms with E-state index in [0.717, 1.165) is 18.9 Å². The van der Waals surface area contributed by atoms with Crippen LogP contribution >= 0.6 is 0 Å². The van der Waals surface area contributed by atoms with E-state index in [-0.39, 0.29) is 5.95 Å². The van der Waals surface area contributed by atoms with Crippen LogP contribution in [0.2, 0.25) is 0 Å². The van der Waals surface area contributed by atoms with Gasteiger partial charge in [-0.1, -0.05) is 6.42 Å². The smallest absolute Gasteiger partial charge is 0.225 e. The Morgan fingerprint density at radius 3 is 2.95 bits per heavy atom. The van der Waals surface area contributed by atoms with Crippen LogP contribution in [0.3, 0.4) is 0 Å². The van der Waals surface area contributed by atoms with Crippen molar-refractivity contribution in [2.24, 2.45) is 0 Å². The Kier molecular flexibility index (Phi) is 3.65. The molecule has 0 aromatic carbocycles. The fourth-order valence-corrected chi connectivity index (χ4v) is 3.35. The molecule has 2 fully saturated rings. The minimum absolute atomic E-state index is 0.276. The highest BCUT2D eigenvalue weighted by Gasteiger charge is 2.33.